The van der Waals surface area contributed by atoms with Crippen LogP contribution in [-0.4, -0.2) is 30.8 Å². The van der Waals surface area contributed by atoms with E-state index in [0.29, 0.717) is 0 Å². The minimum atomic E-state index is 0.211. The highest BCUT2D eigenvalue weighted by Crippen LogP contribution is 2.31. The minimum Gasteiger partial charge on any atom is -0.497 e. The van der Waals surface area contributed by atoms with Crippen molar-refractivity contribution in [3.05, 3.63) is 42.0 Å². The molecule has 114 valence electrons. The second-order valence-electron chi connectivity index (χ2n) is 4.94. The Morgan fingerprint density at radius 2 is 2.10 bits per heavy atom. The quantitative estimate of drug-likeness (QED) is 0.850. The molecule has 0 spiro atoms. The van der Waals surface area contributed by atoms with Crippen molar-refractivity contribution in [1.82, 2.24) is 14.9 Å². The lowest BCUT2D eigenvalue weighted by atomic mass is 10.0. The maximum Gasteiger partial charge on any atom is 0.127 e. The van der Waals surface area contributed by atoms with Crippen molar-refractivity contribution in [3.8, 4) is 11.5 Å². The highest BCUT2D eigenvalue weighted by atomic mass is 16.5. The Balaban J connectivity index is 2.15. The highest BCUT2D eigenvalue weighted by Gasteiger charge is 2.16. The van der Waals surface area contributed by atoms with Gasteiger partial charge in [-0.3, -0.25) is 0 Å². The number of ether oxygens (including phenoxy) is 2. The molecule has 0 aliphatic rings. The van der Waals surface area contributed by atoms with E-state index in [1.165, 1.54) is 0 Å². The SMILES string of the molecule is CNC(CCc1nccn1C)c1ccc(OC)cc1OC. The van der Waals surface area contributed by atoms with E-state index in [0.717, 1.165) is 35.7 Å². The summed E-state index contributed by atoms with van der Waals surface area (Å²) in [7, 11) is 7.33. The molecule has 5 heteroatoms. The molecule has 1 unspecified atom stereocenters. The van der Waals surface area contributed by atoms with E-state index in [-0.39, 0.29) is 6.04 Å². The largest absolute Gasteiger partial charge is 0.497 e. The standard InChI is InChI=1S/C16H23N3O2/c1-17-14(7-8-16-18-9-10-19(16)2)13-6-5-12(20-3)11-15(13)21-4/h5-6,9-11,14,17H,7-8H2,1-4H3. The lowest BCUT2D eigenvalue weighted by Gasteiger charge is -2.20. The highest BCUT2D eigenvalue weighted by molar-refractivity contribution is 5.42. The third-order valence-corrected chi connectivity index (χ3v) is 3.74. The second-order valence-corrected chi connectivity index (χ2v) is 4.94. The number of rotatable bonds is 7. The summed E-state index contributed by atoms with van der Waals surface area (Å²) in [4.78, 5) is 4.37. The fourth-order valence-corrected chi connectivity index (χ4v) is 2.47. The van der Waals surface area contributed by atoms with Gasteiger partial charge in [-0.2, -0.15) is 0 Å². The normalized spacial score (nSPS) is 12.2. The first-order chi connectivity index (χ1) is 10.2. The molecule has 21 heavy (non-hydrogen) atoms. The number of hydrogen-bond donors (Lipinski definition) is 1. The fourth-order valence-electron chi connectivity index (χ4n) is 2.47. The monoisotopic (exact) mass is 289 g/mol. The zero-order chi connectivity index (χ0) is 15.2. The predicted octanol–water partition coefficient (Wildman–Crippen LogP) is 2.33. The van der Waals surface area contributed by atoms with Crippen LogP contribution >= 0.6 is 0 Å². The molecule has 1 aromatic carbocycles. The van der Waals surface area contributed by atoms with Crippen LogP contribution in [0.3, 0.4) is 0 Å². The topological polar surface area (TPSA) is 48.3 Å². The molecule has 1 aromatic heterocycles. The number of imidazole rings is 1. The summed E-state index contributed by atoms with van der Waals surface area (Å²) >= 11 is 0. The van der Waals surface area contributed by atoms with E-state index < -0.39 is 0 Å². The number of aryl methyl sites for hydroxylation is 2. The van der Waals surface area contributed by atoms with Crippen molar-refractivity contribution in [2.24, 2.45) is 7.05 Å². The van der Waals surface area contributed by atoms with Gasteiger partial charge in [-0.15, -0.1) is 0 Å². The first kappa shape index (κ1) is 15.4. The molecule has 2 aromatic rings. The van der Waals surface area contributed by atoms with Gasteiger partial charge in [0, 0.05) is 43.5 Å². The van der Waals surface area contributed by atoms with Gasteiger partial charge < -0.3 is 19.4 Å². The van der Waals surface area contributed by atoms with Crippen molar-refractivity contribution in [1.29, 1.82) is 0 Å². The number of hydrogen-bond acceptors (Lipinski definition) is 4. The Morgan fingerprint density at radius 3 is 2.67 bits per heavy atom. The summed E-state index contributed by atoms with van der Waals surface area (Å²) in [6.07, 6.45) is 5.66. The van der Waals surface area contributed by atoms with Crippen LogP contribution in [0.25, 0.3) is 0 Å². The van der Waals surface area contributed by atoms with Gasteiger partial charge in [-0.25, -0.2) is 4.98 Å². The molecule has 1 N–H and O–H groups in total. The average molecular weight is 289 g/mol. The molecule has 0 aliphatic carbocycles. The Labute approximate surface area is 125 Å². The van der Waals surface area contributed by atoms with Crippen LogP contribution in [-0.2, 0) is 13.5 Å². The predicted molar refractivity (Wildman–Crippen MR) is 82.9 cm³/mol. The second kappa shape index (κ2) is 7.13. The summed E-state index contributed by atoms with van der Waals surface area (Å²) in [6.45, 7) is 0. The molecule has 5 nitrogen and oxygen atoms in total. The van der Waals surface area contributed by atoms with Gasteiger partial charge in [0.05, 0.1) is 14.2 Å². The van der Waals surface area contributed by atoms with Crippen LogP contribution in [0.2, 0.25) is 0 Å². The first-order valence-corrected chi connectivity index (χ1v) is 7.05. The van der Waals surface area contributed by atoms with Crippen molar-refractivity contribution >= 4 is 0 Å². The van der Waals surface area contributed by atoms with Crippen LogP contribution in [0.4, 0.5) is 0 Å². The summed E-state index contributed by atoms with van der Waals surface area (Å²) in [5, 5.41) is 3.35. The third kappa shape index (κ3) is 3.55. The number of nitrogens with zero attached hydrogens (tertiary/aromatic N) is 2. The Kier molecular flexibility index (Phi) is 5.22. The zero-order valence-corrected chi connectivity index (χ0v) is 13.1. The number of nitrogens with one attached hydrogen (secondary N) is 1. The van der Waals surface area contributed by atoms with Crippen LogP contribution in [0.5, 0.6) is 11.5 Å². The van der Waals surface area contributed by atoms with Crippen molar-refractivity contribution in [2.45, 2.75) is 18.9 Å². The summed E-state index contributed by atoms with van der Waals surface area (Å²) in [6, 6.07) is 6.14. The number of methoxy groups -OCH3 is 2. The van der Waals surface area contributed by atoms with Crippen LogP contribution in [0.15, 0.2) is 30.6 Å². The summed E-state index contributed by atoms with van der Waals surface area (Å²) < 4.78 is 12.8. The Bertz CT molecular complexity index is 581. The van der Waals surface area contributed by atoms with Crippen LogP contribution in [0, 0.1) is 0 Å². The maximum absolute atomic E-state index is 5.49. The molecule has 1 atom stereocenters. The molecular formula is C16H23N3O2. The molecule has 0 saturated heterocycles. The maximum atomic E-state index is 5.49. The van der Waals surface area contributed by atoms with E-state index >= 15 is 0 Å². The molecule has 1 heterocycles. The molecule has 0 radical (unpaired) electrons. The summed E-state index contributed by atoms with van der Waals surface area (Å²) in [5.74, 6) is 2.73. The smallest absolute Gasteiger partial charge is 0.127 e. The third-order valence-electron chi connectivity index (χ3n) is 3.74. The number of benzene rings is 1. The van der Waals surface area contributed by atoms with Crippen LogP contribution < -0.4 is 14.8 Å². The average Bonchev–Trinajstić information content (AvgIpc) is 2.93. The van der Waals surface area contributed by atoms with E-state index in [2.05, 4.69) is 20.9 Å². The van der Waals surface area contributed by atoms with E-state index in [1.807, 2.05) is 38.6 Å². The molecular weight excluding hydrogens is 266 g/mol. The first-order valence-electron chi connectivity index (χ1n) is 7.05. The van der Waals surface area contributed by atoms with Crippen molar-refractivity contribution in [2.75, 3.05) is 21.3 Å². The molecule has 0 fully saturated rings. The van der Waals surface area contributed by atoms with E-state index in [1.54, 1.807) is 14.2 Å². The van der Waals surface area contributed by atoms with Crippen molar-refractivity contribution < 1.29 is 9.47 Å². The molecule has 2 rings (SSSR count). The lowest BCUT2D eigenvalue weighted by Crippen LogP contribution is -2.18. The molecule has 0 aliphatic heterocycles. The van der Waals surface area contributed by atoms with Gasteiger partial charge in [-0.1, -0.05) is 6.07 Å². The molecule has 0 saturated carbocycles. The fraction of sp³-hybridized carbons (Fsp3) is 0.438. The van der Waals surface area contributed by atoms with Gasteiger partial charge in [0.25, 0.3) is 0 Å². The van der Waals surface area contributed by atoms with Gasteiger partial charge in [-0.05, 0) is 19.5 Å². The van der Waals surface area contributed by atoms with E-state index in [9.17, 15) is 0 Å². The Morgan fingerprint density at radius 1 is 1.29 bits per heavy atom. The van der Waals surface area contributed by atoms with E-state index in [4.69, 9.17) is 9.47 Å². The van der Waals surface area contributed by atoms with Gasteiger partial charge in [0.2, 0.25) is 0 Å². The zero-order valence-electron chi connectivity index (χ0n) is 13.1. The summed E-state index contributed by atoms with van der Waals surface area (Å²) in [5.41, 5.74) is 1.13. The van der Waals surface area contributed by atoms with Crippen molar-refractivity contribution in [3.63, 3.8) is 0 Å². The lowest BCUT2D eigenvalue weighted by molar-refractivity contribution is 0.383. The van der Waals surface area contributed by atoms with Gasteiger partial charge in [0.1, 0.15) is 17.3 Å². The van der Waals surface area contributed by atoms with Gasteiger partial charge in [0.15, 0.2) is 0 Å². The minimum absolute atomic E-state index is 0.211. The Hall–Kier alpha value is -2.01. The molecule has 0 amide bonds. The van der Waals surface area contributed by atoms with Crippen LogP contribution in [0.1, 0.15) is 23.9 Å². The van der Waals surface area contributed by atoms with Gasteiger partial charge >= 0.3 is 0 Å². The number of aromatic nitrogens is 2. The molecule has 0 bridgehead atoms.